The quantitative estimate of drug-likeness (QED) is 0.311. The Morgan fingerprint density at radius 2 is 1.53 bits per heavy atom. The van der Waals surface area contributed by atoms with Crippen molar-refractivity contribution >= 4 is 40.2 Å². The van der Waals surface area contributed by atoms with Crippen molar-refractivity contribution in [1.82, 2.24) is 4.90 Å². The van der Waals surface area contributed by atoms with E-state index in [0.717, 1.165) is 16.3 Å². The van der Waals surface area contributed by atoms with Crippen molar-refractivity contribution < 1.29 is 23.9 Å². The van der Waals surface area contributed by atoms with Crippen LogP contribution < -0.4 is 5.32 Å². The van der Waals surface area contributed by atoms with Gasteiger partial charge < -0.3 is 10.1 Å². The van der Waals surface area contributed by atoms with Gasteiger partial charge in [-0.2, -0.15) is 0 Å². The number of hydrogen-bond donors (Lipinski definition) is 1. The van der Waals surface area contributed by atoms with Crippen LogP contribution in [0.3, 0.4) is 0 Å². The van der Waals surface area contributed by atoms with E-state index in [-0.39, 0.29) is 16.7 Å². The Morgan fingerprint density at radius 3 is 2.33 bits per heavy atom. The molecule has 3 amide bonds. The molecular weight excluding hydrogens is 456 g/mol. The molecule has 0 bridgehead atoms. The Hall–Kier alpha value is -4.78. The highest BCUT2D eigenvalue weighted by atomic mass is 16.5. The first-order valence-corrected chi connectivity index (χ1v) is 11.5. The standard InChI is InChI=1S/C29H22N2O5/c1-18(19-8-3-2-4-9-19)31-27(33)23-15-14-21(16-24(23)28(31)34)29(35)36-17-26(32)30-25-13-7-11-20-10-5-6-12-22(20)25/h2-16,18H,17H2,1H3,(H,30,32)/t18-/m1/s1. The van der Waals surface area contributed by atoms with Crippen molar-refractivity contribution in [2.45, 2.75) is 13.0 Å². The van der Waals surface area contributed by atoms with E-state index in [1.165, 1.54) is 23.1 Å². The Morgan fingerprint density at radius 1 is 0.833 bits per heavy atom. The molecule has 1 heterocycles. The lowest BCUT2D eigenvalue weighted by molar-refractivity contribution is -0.119. The molecule has 0 saturated carbocycles. The average Bonchev–Trinajstić information content (AvgIpc) is 3.16. The first kappa shape index (κ1) is 23.0. The summed E-state index contributed by atoms with van der Waals surface area (Å²) in [5.41, 5.74) is 1.89. The third-order valence-corrected chi connectivity index (χ3v) is 6.22. The molecule has 0 radical (unpaired) electrons. The molecule has 4 aromatic rings. The van der Waals surface area contributed by atoms with Gasteiger partial charge in [0, 0.05) is 11.1 Å². The summed E-state index contributed by atoms with van der Waals surface area (Å²) in [6, 6.07) is 26.1. The number of imide groups is 1. The van der Waals surface area contributed by atoms with E-state index >= 15 is 0 Å². The van der Waals surface area contributed by atoms with Gasteiger partial charge in [-0.05, 0) is 42.1 Å². The smallest absolute Gasteiger partial charge is 0.338 e. The van der Waals surface area contributed by atoms with Gasteiger partial charge in [0.05, 0.1) is 22.7 Å². The molecule has 0 saturated heterocycles. The molecule has 178 valence electrons. The number of rotatable bonds is 6. The van der Waals surface area contributed by atoms with Crippen molar-refractivity contribution in [3.8, 4) is 0 Å². The van der Waals surface area contributed by atoms with Gasteiger partial charge in [0.25, 0.3) is 17.7 Å². The molecule has 1 atom stereocenters. The maximum Gasteiger partial charge on any atom is 0.338 e. The van der Waals surface area contributed by atoms with E-state index in [2.05, 4.69) is 5.32 Å². The number of benzene rings is 4. The minimum absolute atomic E-state index is 0.0853. The second-order valence-corrected chi connectivity index (χ2v) is 8.48. The lowest BCUT2D eigenvalue weighted by Gasteiger charge is -2.22. The Labute approximate surface area is 207 Å². The predicted molar refractivity (Wildman–Crippen MR) is 135 cm³/mol. The Balaban J connectivity index is 1.27. The zero-order valence-electron chi connectivity index (χ0n) is 19.4. The van der Waals surface area contributed by atoms with Crippen molar-refractivity contribution in [1.29, 1.82) is 0 Å². The second-order valence-electron chi connectivity index (χ2n) is 8.48. The number of fused-ring (bicyclic) bond motifs is 2. The van der Waals surface area contributed by atoms with Gasteiger partial charge in [-0.1, -0.05) is 66.7 Å². The highest BCUT2D eigenvalue weighted by Gasteiger charge is 2.39. The molecule has 1 aliphatic heterocycles. The monoisotopic (exact) mass is 478 g/mol. The summed E-state index contributed by atoms with van der Waals surface area (Å²) in [4.78, 5) is 52.2. The van der Waals surface area contributed by atoms with Gasteiger partial charge in [0.1, 0.15) is 0 Å². The van der Waals surface area contributed by atoms with Crippen molar-refractivity contribution in [2.75, 3.05) is 11.9 Å². The molecule has 4 aromatic carbocycles. The van der Waals surface area contributed by atoms with Gasteiger partial charge in [0.15, 0.2) is 6.61 Å². The number of amides is 3. The van der Waals surface area contributed by atoms with Crippen LogP contribution in [-0.4, -0.2) is 35.2 Å². The molecular formula is C29H22N2O5. The fourth-order valence-electron chi connectivity index (χ4n) is 4.35. The highest BCUT2D eigenvalue weighted by Crippen LogP contribution is 2.32. The normalized spacial score (nSPS) is 13.4. The molecule has 0 aromatic heterocycles. The third-order valence-electron chi connectivity index (χ3n) is 6.22. The van der Waals surface area contributed by atoms with Crippen LogP contribution in [0.25, 0.3) is 10.8 Å². The summed E-state index contributed by atoms with van der Waals surface area (Å²) >= 11 is 0. The summed E-state index contributed by atoms with van der Waals surface area (Å²) in [6.07, 6.45) is 0. The van der Waals surface area contributed by atoms with E-state index in [0.29, 0.717) is 5.69 Å². The van der Waals surface area contributed by atoms with Crippen LogP contribution in [0.15, 0.2) is 91.0 Å². The van der Waals surface area contributed by atoms with E-state index in [4.69, 9.17) is 4.74 Å². The lowest BCUT2D eigenvalue weighted by atomic mass is 10.1. The molecule has 7 nitrogen and oxygen atoms in total. The molecule has 0 spiro atoms. The van der Waals surface area contributed by atoms with Gasteiger partial charge in [-0.25, -0.2) is 4.79 Å². The number of anilines is 1. The number of esters is 1. The molecule has 36 heavy (non-hydrogen) atoms. The predicted octanol–water partition coefficient (Wildman–Crippen LogP) is 4.99. The maximum absolute atomic E-state index is 13.1. The summed E-state index contributed by atoms with van der Waals surface area (Å²) in [6.45, 7) is 1.28. The second kappa shape index (κ2) is 9.46. The summed E-state index contributed by atoms with van der Waals surface area (Å²) < 4.78 is 5.18. The summed E-state index contributed by atoms with van der Waals surface area (Å²) in [5, 5.41) is 4.60. The summed E-state index contributed by atoms with van der Waals surface area (Å²) in [5.74, 6) is -2.15. The first-order chi connectivity index (χ1) is 17.4. The summed E-state index contributed by atoms with van der Waals surface area (Å²) in [7, 11) is 0. The van der Waals surface area contributed by atoms with Crippen LogP contribution in [0.5, 0.6) is 0 Å². The van der Waals surface area contributed by atoms with Crippen LogP contribution in [0.2, 0.25) is 0 Å². The molecule has 5 rings (SSSR count). The van der Waals surface area contributed by atoms with Gasteiger partial charge >= 0.3 is 5.97 Å². The van der Waals surface area contributed by atoms with Gasteiger partial charge in [0.2, 0.25) is 0 Å². The lowest BCUT2D eigenvalue weighted by Crippen LogP contribution is -2.32. The van der Waals surface area contributed by atoms with E-state index < -0.39 is 36.3 Å². The maximum atomic E-state index is 13.1. The fourth-order valence-corrected chi connectivity index (χ4v) is 4.35. The van der Waals surface area contributed by atoms with E-state index in [1.54, 1.807) is 13.0 Å². The minimum Gasteiger partial charge on any atom is -0.452 e. The topological polar surface area (TPSA) is 92.8 Å². The fraction of sp³-hybridized carbons (Fsp3) is 0.103. The Kier molecular flexibility index (Phi) is 6.04. The van der Waals surface area contributed by atoms with Crippen LogP contribution in [0.1, 0.15) is 49.6 Å². The number of carbonyl (C=O) groups excluding carboxylic acids is 4. The number of nitrogens with zero attached hydrogens (tertiary/aromatic N) is 1. The van der Waals surface area contributed by atoms with Gasteiger partial charge in [-0.3, -0.25) is 19.3 Å². The molecule has 0 unspecified atom stereocenters. The molecule has 0 fully saturated rings. The first-order valence-electron chi connectivity index (χ1n) is 11.5. The van der Waals surface area contributed by atoms with Crippen LogP contribution in [0.4, 0.5) is 5.69 Å². The molecule has 1 N–H and O–H groups in total. The van der Waals surface area contributed by atoms with Crippen LogP contribution >= 0.6 is 0 Å². The average molecular weight is 479 g/mol. The molecule has 0 aliphatic carbocycles. The van der Waals surface area contributed by atoms with E-state index in [1.807, 2.05) is 66.7 Å². The SMILES string of the molecule is C[C@H](c1ccccc1)N1C(=O)c2ccc(C(=O)OCC(=O)Nc3cccc4ccccc34)cc2C1=O. The number of hydrogen-bond acceptors (Lipinski definition) is 5. The zero-order chi connectivity index (χ0) is 25.2. The largest absolute Gasteiger partial charge is 0.452 e. The number of nitrogens with one attached hydrogen (secondary N) is 1. The number of ether oxygens (including phenoxy) is 1. The Bertz CT molecular complexity index is 1510. The van der Waals surface area contributed by atoms with E-state index in [9.17, 15) is 19.2 Å². The molecule has 1 aliphatic rings. The minimum atomic E-state index is -0.763. The van der Waals surface area contributed by atoms with Crippen LogP contribution in [0, 0.1) is 0 Å². The van der Waals surface area contributed by atoms with Crippen molar-refractivity contribution in [3.63, 3.8) is 0 Å². The van der Waals surface area contributed by atoms with Crippen LogP contribution in [-0.2, 0) is 9.53 Å². The highest BCUT2D eigenvalue weighted by molar-refractivity contribution is 6.22. The van der Waals surface area contributed by atoms with Gasteiger partial charge in [-0.15, -0.1) is 0 Å². The third kappa shape index (κ3) is 4.22. The zero-order valence-corrected chi connectivity index (χ0v) is 19.4. The van der Waals surface area contributed by atoms with Crippen molar-refractivity contribution in [2.24, 2.45) is 0 Å². The number of carbonyl (C=O) groups is 4. The van der Waals surface area contributed by atoms with Crippen molar-refractivity contribution in [3.05, 3.63) is 113 Å². The molecule has 7 heteroatoms.